The lowest BCUT2D eigenvalue weighted by Crippen LogP contribution is -2.41. The molecule has 0 saturated heterocycles. The van der Waals surface area contributed by atoms with Crippen molar-refractivity contribution in [3.05, 3.63) is 35.6 Å². The predicted octanol–water partition coefficient (Wildman–Crippen LogP) is 1.41. The van der Waals surface area contributed by atoms with Gasteiger partial charge in [0.2, 0.25) is 0 Å². The smallest absolute Gasteiger partial charge is 0.128 e. The van der Waals surface area contributed by atoms with E-state index in [1.165, 1.54) is 6.07 Å². The number of hydrogen-bond donors (Lipinski definition) is 2. The highest BCUT2D eigenvalue weighted by Gasteiger charge is 2.17. The zero-order valence-corrected chi connectivity index (χ0v) is 12.3. The molecule has 0 saturated carbocycles. The fraction of sp³-hybridized carbons (Fsp3) is 0.600. The van der Waals surface area contributed by atoms with Crippen LogP contribution < -0.4 is 0 Å². The van der Waals surface area contributed by atoms with E-state index >= 15 is 0 Å². The second kappa shape index (κ2) is 7.69. The van der Waals surface area contributed by atoms with Crippen LogP contribution in [0.1, 0.15) is 19.4 Å². The number of halogens is 1. The van der Waals surface area contributed by atoms with E-state index < -0.39 is 11.7 Å². The fourth-order valence-electron chi connectivity index (χ4n) is 2.06. The molecule has 0 aromatic heterocycles. The Hall–Kier alpha value is -1.01. The van der Waals surface area contributed by atoms with E-state index in [4.69, 9.17) is 4.74 Å². The second-order valence-corrected chi connectivity index (χ2v) is 5.77. The zero-order chi connectivity index (χ0) is 15.2. The van der Waals surface area contributed by atoms with Gasteiger partial charge in [-0.25, -0.2) is 4.39 Å². The molecule has 1 aromatic carbocycles. The summed E-state index contributed by atoms with van der Waals surface area (Å²) in [6.45, 7) is 4.54. The van der Waals surface area contributed by atoms with Crippen LogP contribution in [0, 0.1) is 5.82 Å². The van der Waals surface area contributed by atoms with Crippen LogP contribution in [0.2, 0.25) is 0 Å². The summed E-state index contributed by atoms with van der Waals surface area (Å²) in [5.41, 5.74) is -0.327. The molecule has 2 N–H and O–H groups in total. The van der Waals surface area contributed by atoms with Crippen molar-refractivity contribution in [3.8, 4) is 0 Å². The predicted molar refractivity (Wildman–Crippen MR) is 75.9 cm³/mol. The van der Waals surface area contributed by atoms with Crippen LogP contribution in [-0.4, -0.2) is 53.6 Å². The van der Waals surface area contributed by atoms with Gasteiger partial charge >= 0.3 is 0 Å². The minimum Gasteiger partial charge on any atom is -0.389 e. The molecular formula is C15H24FNO3. The van der Waals surface area contributed by atoms with Gasteiger partial charge in [-0.2, -0.15) is 0 Å². The minimum absolute atomic E-state index is 0.129. The van der Waals surface area contributed by atoms with E-state index in [-0.39, 0.29) is 19.0 Å². The van der Waals surface area contributed by atoms with Gasteiger partial charge < -0.3 is 19.8 Å². The Morgan fingerprint density at radius 3 is 2.60 bits per heavy atom. The molecule has 0 spiro atoms. The second-order valence-electron chi connectivity index (χ2n) is 5.77. The molecule has 20 heavy (non-hydrogen) atoms. The highest BCUT2D eigenvalue weighted by Crippen LogP contribution is 2.08. The van der Waals surface area contributed by atoms with Crippen molar-refractivity contribution < 1.29 is 19.3 Å². The molecule has 0 bridgehead atoms. The average molecular weight is 285 g/mol. The van der Waals surface area contributed by atoms with Gasteiger partial charge in [0.05, 0.1) is 24.9 Å². The van der Waals surface area contributed by atoms with Crippen LogP contribution in [-0.2, 0) is 11.3 Å². The first-order chi connectivity index (χ1) is 9.28. The molecule has 114 valence electrons. The number of benzene rings is 1. The molecule has 0 amide bonds. The van der Waals surface area contributed by atoms with Crippen LogP contribution in [0.25, 0.3) is 0 Å². The summed E-state index contributed by atoms with van der Waals surface area (Å²) in [6, 6.07) is 6.41. The first-order valence-electron chi connectivity index (χ1n) is 6.68. The quantitative estimate of drug-likeness (QED) is 0.758. The Bertz CT molecular complexity index is 406. The van der Waals surface area contributed by atoms with Crippen molar-refractivity contribution in [2.45, 2.75) is 32.2 Å². The van der Waals surface area contributed by atoms with Crippen molar-refractivity contribution in [1.82, 2.24) is 4.90 Å². The SMILES string of the molecule is CN(CC(O)COCc1ccccc1F)CC(C)(C)O. The number of nitrogens with zero attached hydrogens (tertiary/aromatic N) is 1. The summed E-state index contributed by atoms with van der Waals surface area (Å²) in [6.07, 6.45) is -0.672. The van der Waals surface area contributed by atoms with E-state index in [1.807, 2.05) is 11.9 Å². The van der Waals surface area contributed by atoms with Gasteiger partial charge in [-0.3, -0.25) is 0 Å². The van der Waals surface area contributed by atoms with E-state index in [1.54, 1.807) is 32.0 Å². The molecule has 1 aromatic rings. The molecule has 0 aliphatic heterocycles. The first-order valence-corrected chi connectivity index (χ1v) is 6.68. The molecule has 0 aliphatic rings. The van der Waals surface area contributed by atoms with Gasteiger partial charge in [0.1, 0.15) is 5.82 Å². The van der Waals surface area contributed by atoms with Gasteiger partial charge in [-0.05, 0) is 27.0 Å². The summed E-state index contributed by atoms with van der Waals surface area (Å²) in [4.78, 5) is 1.83. The highest BCUT2D eigenvalue weighted by molar-refractivity contribution is 5.16. The van der Waals surface area contributed by atoms with Crippen molar-refractivity contribution in [2.75, 3.05) is 26.7 Å². The number of likely N-dealkylation sites (N-methyl/N-ethyl adjacent to an activating group) is 1. The van der Waals surface area contributed by atoms with Crippen LogP contribution >= 0.6 is 0 Å². The minimum atomic E-state index is -0.803. The monoisotopic (exact) mass is 285 g/mol. The molecule has 1 rings (SSSR count). The Morgan fingerprint density at radius 1 is 1.35 bits per heavy atom. The molecule has 5 heteroatoms. The standard InChI is InChI=1S/C15H24FNO3/c1-15(2,19)11-17(3)8-13(18)10-20-9-12-6-4-5-7-14(12)16/h4-7,13,18-19H,8-11H2,1-3H3. The lowest BCUT2D eigenvalue weighted by molar-refractivity contribution is -0.00619. The Balaban J connectivity index is 2.27. The van der Waals surface area contributed by atoms with Gasteiger partial charge in [0.15, 0.2) is 0 Å². The van der Waals surface area contributed by atoms with Crippen molar-refractivity contribution in [3.63, 3.8) is 0 Å². The topological polar surface area (TPSA) is 52.9 Å². The summed E-state index contributed by atoms with van der Waals surface area (Å²) in [7, 11) is 1.82. The van der Waals surface area contributed by atoms with Gasteiger partial charge in [-0.15, -0.1) is 0 Å². The first kappa shape index (κ1) is 17.0. The Morgan fingerprint density at radius 2 is 2.00 bits per heavy atom. The molecule has 0 aliphatic carbocycles. The summed E-state index contributed by atoms with van der Waals surface area (Å²) < 4.78 is 18.6. The maximum Gasteiger partial charge on any atom is 0.128 e. The number of aliphatic hydroxyl groups is 2. The number of aliphatic hydroxyl groups excluding tert-OH is 1. The van der Waals surface area contributed by atoms with Gasteiger partial charge in [0, 0.05) is 18.7 Å². The van der Waals surface area contributed by atoms with Gasteiger partial charge in [0.25, 0.3) is 0 Å². The number of hydrogen-bond acceptors (Lipinski definition) is 4. The molecule has 0 fully saturated rings. The number of rotatable bonds is 8. The third-order valence-electron chi connectivity index (χ3n) is 2.70. The zero-order valence-electron chi connectivity index (χ0n) is 12.3. The normalized spacial score (nSPS) is 13.8. The number of ether oxygens (including phenoxy) is 1. The third kappa shape index (κ3) is 6.96. The van der Waals surface area contributed by atoms with E-state index in [0.717, 1.165) is 0 Å². The van der Waals surface area contributed by atoms with Crippen LogP contribution in [0.5, 0.6) is 0 Å². The van der Waals surface area contributed by atoms with Crippen molar-refractivity contribution in [2.24, 2.45) is 0 Å². The van der Waals surface area contributed by atoms with Gasteiger partial charge in [-0.1, -0.05) is 18.2 Å². The Kier molecular flexibility index (Phi) is 6.55. The van der Waals surface area contributed by atoms with E-state index in [2.05, 4.69) is 0 Å². The molecule has 1 unspecified atom stereocenters. The third-order valence-corrected chi connectivity index (χ3v) is 2.70. The largest absolute Gasteiger partial charge is 0.389 e. The summed E-state index contributed by atoms with van der Waals surface area (Å²) >= 11 is 0. The van der Waals surface area contributed by atoms with E-state index in [9.17, 15) is 14.6 Å². The Labute approximate surface area is 119 Å². The summed E-state index contributed by atoms with van der Waals surface area (Å²) in [5, 5.41) is 19.5. The molecule has 0 heterocycles. The molecule has 0 radical (unpaired) electrons. The average Bonchev–Trinajstić information content (AvgIpc) is 2.28. The van der Waals surface area contributed by atoms with E-state index in [0.29, 0.717) is 18.7 Å². The van der Waals surface area contributed by atoms with Crippen LogP contribution in [0.3, 0.4) is 0 Å². The van der Waals surface area contributed by atoms with Crippen molar-refractivity contribution >= 4 is 0 Å². The molecule has 1 atom stereocenters. The maximum absolute atomic E-state index is 13.3. The lowest BCUT2D eigenvalue weighted by Gasteiger charge is -2.27. The van der Waals surface area contributed by atoms with Crippen molar-refractivity contribution in [1.29, 1.82) is 0 Å². The molecule has 4 nitrogen and oxygen atoms in total. The summed E-state index contributed by atoms with van der Waals surface area (Å²) in [5.74, 6) is -0.305. The van der Waals surface area contributed by atoms with Crippen LogP contribution in [0.15, 0.2) is 24.3 Å². The molecular weight excluding hydrogens is 261 g/mol. The maximum atomic E-state index is 13.3. The van der Waals surface area contributed by atoms with Crippen LogP contribution in [0.4, 0.5) is 4.39 Å². The highest BCUT2D eigenvalue weighted by atomic mass is 19.1. The fourth-order valence-corrected chi connectivity index (χ4v) is 2.06. The lowest BCUT2D eigenvalue weighted by atomic mass is 10.1.